The van der Waals surface area contributed by atoms with Gasteiger partial charge in [0.1, 0.15) is 5.82 Å². The number of rotatable bonds is 7. The molecule has 142 valence electrons. The highest BCUT2D eigenvalue weighted by Crippen LogP contribution is 2.30. The van der Waals surface area contributed by atoms with Crippen molar-refractivity contribution in [2.24, 2.45) is 0 Å². The van der Waals surface area contributed by atoms with E-state index in [1.54, 1.807) is 18.0 Å². The molecule has 3 heterocycles. The summed E-state index contributed by atoms with van der Waals surface area (Å²) in [6, 6.07) is 0.331. The van der Waals surface area contributed by atoms with Crippen LogP contribution in [0.25, 0.3) is 0 Å². The Balaban J connectivity index is 1.65. The van der Waals surface area contributed by atoms with Crippen LogP contribution in [0.2, 0.25) is 0 Å². The number of carbonyl (C=O) groups excluding carboxylic acids is 1. The van der Waals surface area contributed by atoms with Gasteiger partial charge in [-0.05, 0) is 39.0 Å². The molecule has 1 fully saturated rings. The van der Waals surface area contributed by atoms with Gasteiger partial charge in [-0.25, -0.2) is 4.98 Å². The van der Waals surface area contributed by atoms with Gasteiger partial charge in [0.25, 0.3) is 0 Å². The third kappa shape index (κ3) is 4.63. The number of likely N-dealkylation sites (tertiary alicyclic amines) is 1. The van der Waals surface area contributed by atoms with Gasteiger partial charge in [0.2, 0.25) is 5.91 Å². The van der Waals surface area contributed by atoms with Crippen molar-refractivity contribution in [3.05, 3.63) is 17.4 Å². The van der Waals surface area contributed by atoms with Crippen molar-refractivity contribution >= 4 is 34.1 Å². The van der Waals surface area contributed by atoms with Crippen molar-refractivity contribution in [1.82, 2.24) is 24.6 Å². The highest BCUT2D eigenvalue weighted by atomic mass is 32.2. The molecule has 1 amide bonds. The lowest BCUT2D eigenvalue weighted by atomic mass is 9.97. The van der Waals surface area contributed by atoms with Gasteiger partial charge in [-0.3, -0.25) is 9.69 Å². The molecule has 0 saturated carbocycles. The number of hydrogen-bond acceptors (Lipinski definition) is 7. The molecule has 9 heteroatoms. The number of thiazole rings is 1. The molecule has 3 rings (SSSR count). The fourth-order valence-electron chi connectivity index (χ4n) is 3.34. The van der Waals surface area contributed by atoms with Crippen LogP contribution >= 0.6 is 23.1 Å². The number of aromatic nitrogens is 4. The van der Waals surface area contributed by atoms with Gasteiger partial charge in [-0.2, -0.15) is 0 Å². The monoisotopic (exact) mass is 394 g/mol. The summed E-state index contributed by atoms with van der Waals surface area (Å²) in [7, 11) is 0. The van der Waals surface area contributed by atoms with E-state index in [1.807, 2.05) is 5.38 Å². The highest BCUT2D eigenvalue weighted by molar-refractivity contribution is 7.99. The number of nitrogens with one attached hydrogen (secondary N) is 1. The molecule has 2 aromatic rings. The zero-order valence-electron chi connectivity index (χ0n) is 15.5. The van der Waals surface area contributed by atoms with Gasteiger partial charge >= 0.3 is 0 Å². The molecular weight excluding hydrogens is 368 g/mol. The molecule has 1 N–H and O–H groups in total. The zero-order chi connectivity index (χ0) is 18.5. The number of thioether (sulfide) groups is 1. The van der Waals surface area contributed by atoms with E-state index < -0.39 is 0 Å². The number of amides is 1. The minimum absolute atomic E-state index is 0.00634. The lowest BCUT2D eigenvalue weighted by Crippen LogP contribution is -2.40. The summed E-state index contributed by atoms with van der Waals surface area (Å²) in [5.74, 6) is 2.35. The summed E-state index contributed by atoms with van der Waals surface area (Å²) < 4.78 is 2.26. The first-order valence-corrected chi connectivity index (χ1v) is 10.9. The van der Waals surface area contributed by atoms with Gasteiger partial charge in [0, 0.05) is 30.1 Å². The maximum atomic E-state index is 12.3. The molecule has 1 saturated heterocycles. The van der Waals surface area contributed by atoms with Crippen LogP contribution in [0, 0.1) is 0 Å². The molecule has 1 aliphatic rings. The minimum atomic E-state index is -0.00634. The molecule has 0 aliphatic carbocycles. The van der Waals surface area contributed by atoms with E-state index >= 15 is 0 Å². The smallest absolute Gasteiger partial charge is 0.240 e. The van der Waals surface area contributed by atoms with Crippen molar-refractivity contribution in [2.75, 3.05) is 30.7 Å². The van der Waals surface area contributed by atoms with Crippen LogP contribution < -0.4 is 5.32 Å². The topological polar surface area (TPSA) is 75.9 Å². The Morgan fingerprint density at radius 3 is 3.00 bits per heavy atom. The Bertz CT molecular complexity index is 715. The van der Waals surface area contributed by atoms with Crippen LogP contribution in [0.5, 0.6) is 0 Å². The maximum Gasteiger partial charge on any atom is 0.240 e. The molecule has 0 aromatic carbocycles. The highest BCUT2D eigenvalue weighted by Gasteiger charge is 2.28. The zero-order valence-corrected chi connectivity index (χ0v) is 17.1. The Hall–Kier alpha value is -1.45. The summed E-state index contributed by atoms with van der Waals surface area (Å²) >= 11 is 3.17. The largest absolute Gasteiger partial charge is 0.303 e. The molecule has 0 bridgehead atoms. The summed E-state index contributed by atoms with van der Waals surface area (Å²) in [5.41, 5.74) is 0. The average molecular weight is 395 g/mol. The van der Waals surface area contributed by atoms with E-state index in [0.29, 0.717) is 23.6 Å². The number of nitrogens with zero attached hydrogens (tertiary/aromatic N) is 5. The number of anilines is 1. The normalized spacial score (nSPS) is 18.4. The van der Waals surface area contributed by atoms with E-state index in [1.165, 1.54) is 11.3 Å². The van der Waals surface area contributed by atoms with E-state index in [9.17, 15) is 4.79 Å². The molecule has 1 unspecified atom stereocenters. The second-order valence-electron chi connectivity index (χ2n) is 6.70. The predicted molar refractivity (Wildman–Crippen MR) is 106 cm³/mol. The summed E-state index contributed by atoms with van der Waals surface area (Å²) in [4.78, 5) is 18.6. The second kappa shape index (κ2) is 8.96. The first-order chi connectivity index (χ1) is 12.6. The molecule has 26 heavy (non-hydrogen) atoms. The molecule has 1 aliphatic heterocycles. The average Bonchev–Trinajstić information content (AvgIpc) is 3.25. The molecule has 1 atom stereocenters. The lowest BCUT2D eigenvalue weighted by molar-refractivity contribution is -0.117. The van der Waals surface area contributed by atoms with E-state index in [-0.39, 0.29) is 5.91 Å². The summed E-state index contributed by atoms with van der Waals surface area (Å²) in [6.07, 6.45) is 3.85. The van der Waals surface area contributed by atoms with Gasteiger partial charge in [0.05, 0.1) is 6.54 Å². The number of hydrogen-bond donors (Lipinski definition) is 1. The third-order valence-corrected chi connectivity index (χ3v) is 5.91. The van der Waals surface area contributed by atoms with Gasteiger partial charge in [0.15, 0.2) is 10.3 Å². The van der Waals surface area contributed by atoms with Gasteiger partial charge in [-0.15, -0.1) is 21.5 Å². The van der Waals surface area contributed by atoms with Crippen LogP contribution in [0.3, 0.4) is 0 Å². The van der Waals surface area contributed by atoms with Crippen LogP contribution in [0.1, 0.15) is 51.4 Å². The Labute approximate surface area is 162 Å². The van der Waals surface area contributed by atoms with Crippen LogP contribution in [-0.2, 0) is 4.79 Å². The summed E-state index contributed by atoms with van der Waals surface area (Å²) in [5, 5.41) is 15.3. The lowest BCUT2D eigenvalue weighted by Gasteiger charge is -2.32. The predicted octanol–water partition coefficient (Wildman–Crippen LogP) is 3.25. The van der Waals surface area contributed by atoms with Crippen molar-refractivity contribution in [3.8, 4) is 0 Å². The third-order valence-electron chi connectivity index (χ3n) is 4.40. The SMILES string of the molecule is CCSc1nnc(C2CCCN(CC(=O)Nc3nccs3)C2)n1C(C)C. The quantitative estimate of drug-likeness (QED) is 0.727. The van der Waals surface area contributed by atoms with Crippen LogP contribution in [0.15, 0.2) is 16.7 Å². The minimum Gasteiger partial charge on any atom is -0.303 e. The van der Waals surface area contributed by atoms with Crippen LogP contribution in [-0.4, -0.2) is 55.9 Å². The first kappa shape index (κ1) is 19.3. The fourth-order valence-corrected chi connectivity index (χ4v) is 4.68. The second-order valence-corrected chi connectivity index (χ2v) is 8.82. The molecule has 2 aromatic heterocycles. The Kier molecular flexibility index (Phi) is 6.66. The molecule has 0 radical (unpaired) electrons. The van der Waals surface area contributed by atoms with Crippen molar-refractivity contribution in [1.29, 1.82) is 0 Å². The standard InChI is InChI=1S/C17H26N6OS2/c1-4-25-17-21-20-15(23(17)12(2)3)13-6-5-8-22(10-13)11-14(24)19-16-18-7-9-26-16/h7,9,12-13H,4-6,8,10-11H2,1-3H3,(H,18,19,24). The number of piperidine rings is 1. The number of carbonyl (C=O) groups is 1. The van der Waals surface area contributed by atoms with Crippen molar-refractivity contribution < 1.29 is 4.79 Å². The molecule has 0 spiro atoms. The fraction of sp³-hybridized carbons (Fsp3) is 0.647. The van der Waals surface area contributed by atoms with Crippen molar-refractivity contribution in [2.45, 2.75) is 50.7 Å². The molecule has 7 nitrogen and oxygen atoms in total. The van der Waals surface area contributed by atoms with Gasteiger partial charge in [-0.1, -0.05) is 18.7 Å². The van der Waals surface area contributed by atoms with E-state index in [0.717, 1.165) is 42.7 Å². The van der Waals surface area contributed by atoms with E-state index in [4.69, 9.17) is 0 Å². The first-order valence-electron chi connectivity index (χ1n) is 9.07. The maximum absolute atomic E-state index is 12.3. The Morgan fingerprint density at radius 1 is 1.46 bits per heavy atom. The summed E-state index contributed by atoms with van der Waals surface area (Å²) in [6.45, 7) is 8.65. The van der Waals surface area contributed by atoms with Crippen molar-refractivity contribution in [3.63, 3.8) is 0 Å². The Morgan fingerprint density at radius 2 is 2.31 bits per heavy atom. The van der Waals surface area contributed by atoms with Gasteiger partial charge < -0.3 is 9.88 Å². The molecular formula is C17H26N6OS2. The van der Waals surface area contributed by atoms with Crippen LogP contribution in [0.4, 0.5) is 5.13 Å². The van der Waals surface area contributed by atoms with E-state index in [2.05, 4.69) is 50.7 Å².